The minimum absolute atomic E-state index is 0.316. The highest BCUT2D eigenvalue weighted by Crippen LogP contribution is 2.09. The fraction of sp³-hybridized carbons (Fsp3) is 0.273. The Balaban J connectivity index is 2.17. The summed E-state index contributed by atoms with van der Waals surface area (Å²) in [6.07, 6.45) is 0.728. The third-order valence-electron chi connectivity index (χ3n) is 2.49. The van der Waals surface area contributed by atoms with Crippen LogP contribution in [0.5, 0.6) is 0 Å². The second kappa shape index (κ2) is 4.32. The summed E-state index contributed by atoms with van der Waals surface area (Å²) in [6, 6.07) is 8.14. The zero-order chi connectivity index (χ0) is 11.5. The van der Waals surface area contributed by atoms with E-state index in [1.54, 1.807) is 4.68 Å². The minimum Gasteiger partial charge on any atom is -0.366 e. The van der Waals surface area contributed by atoms with Crippen LogP contribution in [-0.4, -0.2) is 14.8 Å². The Kier molecular flexibility index (Phi) is 2.87. The van der Waals surface area contributed by atoms with Crippen molar-refractivity contribution in [3.63, 3.8) is 0 Å². The van der Waals surface area contributed by atoms with E-state index in [0.717, 1.165) is 17.8 Å². The molecule has 1 aromatic carbocycles. The van der Waals surface area contributed by atoms with Crippen molar-refractivity contribution in [1.29, 1.82) is 0 Å². The van der Waals surface area contributed by atoms with Gasteiger partial charge in [0.25, 0.3) is 0 Å². The van der Waals surface area contributed by atoms with Gasteiger partial charge in [-0.1, -0.05) is 24.3 Å². The molecule has 4 N–H and O–H groups in total. The quantitative estimate of drug-likeness (QED) is 0.781. The van der Waals surface area contributed by atoms with Crippen LogP contribution in [-0.2, 0) is 20.0 Å². The van der Waals surface area contributed by atoms with Crippen LogP contribution in [0, 0.1) is 0 Å². The molecule has 0 spiro atoms. The molecule has 16 heavy (non-hydrogen) atoms. The van der Waals surface area contributed by atoms with Crippen LogP contribution in [0.2, 0.25) is 0 Å². The summed E-state index contributed by atoms with van der Waals surface area (Å²) in [5, 5.41) is 4.00. The maximum absolute atomic E-state index is 5.54. The number of hydrogen-bond donors (Lipinski definition) is 2. The fourth-order valence-corrected chi connectivity index (χ4v) is 1.57. The molecule has 84 valence electrons. The van der Waals surface area contributed by atoms with E-state index in [1.165, 1.54) is 5.56 Å². The molecule has 5 nitrogen and oxygen atoms in total. The number of hydrogen-bond acceptors (Lipinski definition) is 4. The molecule has 0 saturated carbocycles. The topological polar surface area (TPSA) is 82.8 Å². The van der Waals surface area contributed by atoms with Crippen LogP contribution in [0.3, 0.4) is 0 Å². The summed E-state index contributed by atoms with van der Waals surface area (Å²) in [5.74, 6) is 1.18. The average molecular weight is 217 g/mol. The van der Waals surface area contributed by atoms with E-state index >= 15 is 0 Å². The first kappa shape index (κ1) is 10.6. The van der Waals surface area contributed by atoms with E-state index < -0.39 is 0 Å². The molecule has 0 fully saturated rings. The van der Waals surface area contributed by atoms with Gasteiger partial charge < -0.3 is 11.5 Å². The second-order valence-corrected chi connectivity index (χ2v) is 3.71. The van der Waals surface area contributed by atoms with Crippen molar-refractivity contribution in [3.05, 3.63) is 41.2 Å². The first-order valence-electron chi connectivity index (χ1n) is 5.12. The summed E-state index contributed by atoms with van der Waals surface area (Å²) in [5.41, 5.74) is 13.4. The molecule has 1 aromatic heterocycles. The molecule has 0 saturated heterocycles. The smallest absolute Gasteiger partial charge is 0.239 e. The Bertz CT molecular complexity index is 472. The summed E-state index contributed by atoms with van der Waals surface area (Å²) < 4.78 is 1.70. The monoisotopic (exact) mass is 217 g/mol. The van der Waals surface area contributed by atoms with Crippen LogP contribution in [0.15, 0.2) is 24.3 Å². The molecule has 0 bridgehead atoms. The average Bonchev–Trinajstić information content (AvgIpc) is 2.59. The molecule has 0 atom stereocenters. The molecular formula is C11H15N5. The minimum atomic E-state index is 0.316. The standard InChI is InChI=1S/C11H15N5/c1-16-10(14-11(13)15-16)6-8-2-4-9(7-12)5-3-8/h2-5H,6-7,12H2,1H3,(H2,13,15). The number of anilines is 1. The number of aromatic nitrogens is 3. The normalized spacial score (nSPS) is 10.6. The van der Waals surface area contributed by atoms with E-state index in [9.17, 15) is 0 Å². The van der Waals surface area contributed by atoms with Gasteiger partial charge in [0, 0.05) is 20.0 Å². The first-order chi connectivity index (χ1) is 7.69. The number of aryl methyl sites for hydroxylation is 1. The van der Waals surface area contributed by atoms with E-state index in [-0.39, 0.29) is 0 Å². The predicted octanol–water partition coefficient (Wildman–Crippen LogP) is 0.447. The van der Waals surface area contributed by atoms with Crippen LogP contribution >= 0.6 is 0 Å². The third kappa shape index (κ3) is 2.20. The zero-order valence-electron chi connectivity index (χ0n) is 9.22. The lowest BCUT2D eigenvalue weighted by Gasteiger charge is -2.02. The molecule has 2 aromatic rings. The molecule has 0 unspecified atom stereocenters. The van der Waals surface area contributed by atoms with Crippen LogP contribution in [0.25, 0.3) is 0 Å². The van der Waals surface area contributed by atoms with Gasteiger partial charge >= 0.3 is 0 Å². The fourth-order valence-electron chi connectivity index (χ4n) is 1.57. The summed E-state index contributed by atoms with van der Waals surface area (Å²) >= 11 is 0. The van der Waals surface area contributed by atoms with Crippen LogP contribution in [0.1, 0.15) is 17.0 Å². The summed E-state index contributed by atoms with van der Waals surface area (Å²) in [4.78, 5) is 4.15. The SMILES string of the molecule is Cn1nc(N)nc1Cc1ccc(CN)cc1. The largest absolute Gasteiger partial charge is 0.366 e. The Morgan fingerprint density at radius 3 is 2.31 bits per heavy atom. The lowest BCUT2D eigenvalue weighted by molar-refractivity contribution is 0.718. The van der Waals surface area contributed by atoms with Crippen LogP contribution in [0.4, 0.5) is 5.95 Å². The van der Waals surface area contributed by atoms with Gasteiger partial charge in [0.15, 0.2) is 0 Å². The first-order valence-corrected chi connectivity index (χ1v) is 5.12. The zero-order valence-corrected chi connectivity index (χ0v) is 9.22. The second-order valence-electron chi connectivity index (χ2n) is 3.71. The van der Waals surface area contributed by atoms with Crippen molar-refractivity contribution < 1.29 is 0 Å². The lowest BCUT2D eigenvalue weighted by Crippen LogP contribution is -2.01. The molecule has 0 aliphatic heterocycles. The van der Waals surface area contributed by atoms with Gasteiger partial charge in [-0.05, 0) is 11.1 Å². The Labute approximate surface area is 94.1 Å². The van der Waals surface area contributed by atoms with Crippen molar-refractivity contribution in [2.75, 3.05) is 5.73 Å². The number of rotatable bonds is 3. The summed E-state index contributed by atoms with van der Waals surface area (Å²) in [7, 11) is 1.84. The molecular weight excluding hydrogens is 202 g/mol. The Morgan fingerprint density at radius 2 is 1.81 bits per heavy atom. The maximum atomic E-state index is 5.54. The van der Waals surface area contributed by atoms with Gasteiger partial charge in [-0.25, -0.2) is 0 Å². The van der Waals surface area contributed by atoms with Crippen molar-refractivity contribution in [3.8, 4) is 0 Å². The molecule has 0 amide bonds. The van der Waals surface area contributed by atoms with Gasteiger partial charge in [0.1, 0.15) is 5.82 Å². The highest BCUT2D eigenvalue weighted by molar-refractivity contribution is 5.26. The van der Waals surface area contributed by atoms with Gasteiger partial charge in [-0.3, -0.25) is 4.68 Å². The van der Waals surface area contributed by atoms with Crippen molar-refractivity contribution in [2.45, 2.75) is 13.0 Å². The predicted molar refractivity (Wildman–Crippen MR) is 62.6 cm³/mol. The summed E-state index contributed by atoms with van der Waals surface area (Å²) in [6.45, 7) is 0.567. The van der Waals surface area contributed by atoms with E-state index in [4.69, 9.17) is 11.5 Å². The van der Waals surface area contributed by atoms with Gasteiger partial charge in [-0.2, -0.15) is 4.98 Å². The van der Waals surface area contributed by atoms with Gasteiger partial charge in [0.2, 0.25) is 5.95 Å². The number of nitrogens with zero attached hydrogens (tertiary/aromatic N) is 3. The molecule has 1 heterocycles. The highest BCUT2D eigenvalue weighted by Gasteiger charge is 2.05. The maximum Gasteiger partial charge on any atom is 0.239 e. The molecule has 0 radical (unpaired) electrons. The number of nitrogen functional groups attached to an aromatic ring is 1. The number of nitrogens with two attached hydrogens (primary N) is 2. The lowest BCUT2D eigenvalue weighted by atomic mass is 10.1. The number of benzene rings is 1. The van der Waals surface area contributed by atoms with E-state index in [1.807, 2.05) is 31.3 Å². The van der Waals surface area contributed by atoms with E-state index in [2.05, 4.69) is 10.1 Å². The van der Waals surface area contributed by atoms with Crippen LogP contribution < -0.4 is 11.5 Å². The van der Waals surface area contributed by atoms with Crippen molar-refractivity contribution >= 4 is 5.95 Å². The van der Waals surface area contributed by atoms with E-state index in [0.29, 0.717) is 12.5 Å². The van der Waals surface area contributed by atoms with Gasteiger partial charge in [-0.15, -0.1) is 5.10 Å². The Hall–Kier alpha value is -1.88. The Morgan fingerprint density at radius 1 is 1.19 bits per heavy atom. The van der Waals surface area contributed by atoms with Gasteiger partial charge in [0.05, 0.1) is 0 Å². The molecule has 0 aliphatic rings. The molecule has 5 heteroatoms. The highest BCUT2D eigenvalue weighted by atomic mass is 15.4. The molecule has 0 aliphatic carbocycles. The van der Waals surface area contributed by atoms with Crippen molar-refractivity contribution in [2.24, 2.45) is 12.8 Å². The van der Waals surface area contributed by atoms with Crippen molar-refractivity contribution in [1.82, 2.24) is 14.8 Å². The molecule has 2 rings (SSSR count). The third-order valence-corrected chi connectivity index (χ3v) is 2.49.